The molecule has 1 heterocycles. The molecule has 0 radical (unpaired) electrons. The van der Waals surface area contributed by atoms with E-state index in [1.165, 1.54) is 31.0 Å². The number of carbonyl (C=O) groups is 1. The molecule has 0 unspecified atom stereocenters. The largest absolute Gasteiger partial charge is 0.466 e. The Morgan fingerprint density at radius 3 is 2.73 bits per heavy atom. The Balaban J connectivity index is 2.01. The maximum absolute atomic E-state index is 13.6. The molecule has 1 aromatic heterocycles. The lowest BCUT2D eigenvalue weighted by atomic mass is 10.2. The van der Waals surface area contributed by atoms with E-state index in [1.807, 2.05) is 0 Å². The van der Waals surface area contributed by atoms with Crippen molar-refractivity contribution < 1.29 is 18.7 Å². The zero-order valence-corrected chi connectivity index (χ0v) is 14.3. The first-order chi connectivity index (χ1) is 12.6. The molecule has 3 rings (SSSR count). The first-order valence-corrected chi connectivity index (χ1v) is 7.77. The summed E-state index contributed by atoms with van der Waals surface area (Å²) in [5.74, 6) is -0.232. The maximum Gasteiger partial charge on any atom is 0.336 e. The Kier molecular flexibility index (Phi) is 5.23. The molecule has 0 saturated heterocycles. The quantitative estimate of drug-likeness (QED) is 0.735. The smallest absolute Gasteiger partial charge is 0.336 e. The predicted molar refractivity (Wildman–Crippen MR) is 93.8 cm³/mol. The van der Waals surface area contributed by atoms with Crippen LogP contribution in [0.15, 0.2) is 48.5 Å². The van der Waals surface area contributed by atoms with Gasteiger partial charge < -0.3 is 14.8 Å². The minimum absolute atomic E-state index is 0.0457. The minimum atomic E-state index is -0.378. The SMILES string of the molecule is COCC(=O)Nc1cccc(-n2nc(OC)nc2-c2cccc(F)c2)c1. The van der Waals surface area contributed by atoms with Crippen LogP contribution in [-0.4, -0.2) is 41.5 Å². The normalized spacial score (nSPS) is 10.6. The van der Waals surface area contributed by atoms with Gasteiger partial charge in [0.15, 0.2) is 5.82 Å². The predicted octanol–water partition coefficient (Wildman–Crippen LogP) is 2.67. The van der Waals surface area contributed by atoms with Crippen molar-refractivity contribution in [1.29, 1.82) is 0 Å². The first-order valence-electron chi connectivity index (χ1n) is 7.77. The first kappa shape index (κ1) is 17.6. The third-order valence-electron chi connectivity index (χ3n) is 3.50. The molecule has 0 aliphatic carbocycles. The molecule has 3 aromatic rings. The van der Waals surface area contributed by atoms with Crippen LogP contribution in [-0.2, 0) is 9.53 Å². The number of nitrogens with zero attached hydrogens (tertiary/aromatic N) is 3. The Morgan fingerprint density at radius 2 is 2.00 bits per heavy atom. The number of rotatable bonds is 6. The van der Waals surface area contributed by atoms with E-state index in [9.17, 15) is 9.18 Å². The molecule has 0 saturated carbocycles. The molecule has 1 N–H and O–H groups in total. The number of carbonyl (C=O) groups excluding carboxylic acids is 1. The summed E-state index contributed by atoms with van der Waals surface area (Å²) >= 11 is 0. The Morgan fingerprint density at radius 1 is 1.19 bits per heavy atom. The van der Waals surface area contributed by atoms with Crippen molar-refractivity contribution in [1.82, 2.24) is 14.8 Å². The summed E-state index contributed by atoms with van der Waals surface area (Å²) < 4.78 is 25.1. The summed E-state index contributed by atoms with van der Waals surface area (Å²) in [5.41, 5.74) is 1.76. The van der Waals surface area contributed by atoms with Crippen molar-refractivity contribution in [2.45, 2.75) is 0 Å². The van der Waals surface area contributed by atoms with Crippen LogP contribution < -0.4 is 10.1 Å². The van der Waals surface area contributed by atoms with Gasteiger partial charge in [-0.25, -0.2) is 9.07 Å². The van der Waals surface area contributed by atoms with Crippen LogP contribution in [0.2, 0.25) is 0 Å². The number of aromatic nitrogens is 3. The summed E-state index contributed by atoms with van der Waals surface area (Å²) in [6.07, 6.45) is 0. The minimum Gasteiger partial charge on any atom is -0.466 e. The van der Waals surface area contributed by atoms with Gasteiger partial charge in [0.1, 0.15) is 12.4 Å². The average molecular weight is 356 g/mol. The van der Waals surface area contributed by atoms with Gasteiger partial charge in [0.25, 0.3) is 0 Å². The fourth-order valence-electron chi connectivity index (χ4n) is 2.42. The van der Waals surface area contributed by atoms with Gasteiger partial charge in [-0.3, -0.25) is 4.79 Å². The number of methoxy groups -OCH3 is 2. The highest BCUT2D eigenvalue weighted by atomic mass is 19.1. The van der Waals surface area contributed by atoms with E-state index in [2.05, 4.69) is 15.4 Å². The number of anilines is 1. The number of amides is 1. The van der Waals surface area contributed by atoms with Gasteiger partial charge in [0.2, 0.25) is 5.91 Å². The highest BCUT2D eigenvalue weighted by Gasteiger charge is 2.15. The third-order valence-corrected chi connectivity index (χ3v) is 3.50. The van der Waals surface area contributed by atoms with E-state index < -0.39 is 0 Å². The van der Waals surface area contributed by atoms with Gasteiger partial charge in [-0.1, -0.05) is 18.2 Å². The monoisotopic (exact) mass is 356 g/mol. The van der Waals surface area contributed by atoms with Crippen molar-refractivity contribution in [3.8, 4) is 23.1 Å². The second-order valence-corrected chi connectivity index (χ2v) is 5.38. The number of ether oxygens (including phenoxy) is 2. The molecule has 0 fully saturated rings. The van der Waals surface area contributed by atoms with Crippen molar-refractivity contribution in [3.63, 3.8) is 0 Å². The van der Waals surface area contributed by atoms with Crippen molar-refractivity contribution in [2.75, 3.05) is 26.1 Å². The molecule has 8 heteroatoms. The molecular formula is C18H17FN4O3. The molecular weight excluding hydrogens is 339 g/mol. The van der Waals surface area contributed by atoms with E-state index in [0.717, 1.165) is 0 Å². The highest BCUT2D eigenvalue weighted by Crippen LogP contribution is 2.25. The second kappa shape index (κ2) is 7.75. The van der Waals surface area contributed by atoms with Gasteiger partial charge in [-0.2, -0.15) is 4.98 Å². The van der Waals surface area contributed by atoms with Crippen molar-refractivity contribution in [3.05, 3.63) is 54.3 Å². The fraction of sp³-hybridized carbons (Fsp3) is 0.167. The van der Waals surface area contributed by atoms with Gasteiger partial charge in [0.05, 0.1) is 12.8 Å². The number of hydrogen-bond acceptors (Lipinski definition) is 5. The summed E-state index contributed by atoms with van der Waals surface area (Å²) in [7, 11) is 2.90. The lowest BCUT2D eigenvalue weighted by Gasteiger charge is -2.09. The molecule has 7 nitrogen and oxygen atoms in total. The molecule has 2 aromatic carbocycles. The molecule has 0 spiro atoms. The molecule has 0 atom stereocenters. The van der Waals surface area contributed by atoms with Gasteiger partial charge >= 0.3 is 6.01 Å². The van der Waals surface area contributed by atoms with Crippen LogP contribution in [0.1, 0.15) is 0 Å². The molecule has 0 aliphatic heterocycles. The van der Waals surface area contributed by atoms with E-state index in [1.54, 1.807) is 36.4 Å². The van der Waals surface area contributed by atoms with Crippen LogP contribution in [0.5, 0.6) is 6.01 Å². The Bertz CT molecular complexity index is 926. The van der Waals surface area contributed by atoms with E-state index >= 15 is 0 Å². The number of nitrogens with one attached hydrogen (secondary N) is 1. The maximum atomic E-state index is 13.6. The lowest BCUT2D eigenvalue weighted by Crippen LogP contribution is -2.17. The molecule has 0 bridgehead atoms. The zero-order valence-electron chi connectivity index (χ0n) is 14.3. The second-order valence-electron chi connectivity index (χ2n) is 5.38. The van der Waals surface area contributed by atoms with Gasteiger partial charge in [-0.05, 0) is 30.3 Å². The van der Waals surface area contributed by atoms with Crippen molar-refractivity contribution in [2.24, 2.45) is 0 Å². The van der Waals surface area contributed by atoms with Crippen LogP contribution in [0.25, 0.3) is 17.1 Å². The van der Waals surface area contributed by atoms with E-state index in [4.69, 9.17) is 9.47 Å². The van der Waals surface area contributed by atoms with Crippen LogP contribution >= 0.6 is 0 Å². The van der Waals surface area contributed by atoms with Crippen LogP contribution in [0.3, 0.4) is 0 Å². The lowest BCUT2D eigenvalue weighted by molar-refractivity contribution is -0.119. The fourth-order valence-corrected chi connectivity index (χ4v) is 2.42. The Labute approximate surface area is 149 Å². The molecule has 134 valence electrons. The van der Waals surface area contributed by atoms with E-state index in [-0.39, 0.29) is 24.3 Å². The molecule has 1 amide bonds. The van der Waals surface area contributed by atoms with Crippen molar-refractivity contribution >= 4 is 11.6 Å². The topological polar surface area (TPSA) is 78.3 Å². The average Bonchev–Trinajstić information content (AvgIpc) is 3.07. The molecule has 0 aliphatic rings. The Hall–Kier alpha value is -3.26. The van der Waals surface area contributed by atoms with Gasteiger partial charge in [-0.15, -0.1) is 5.10 Å². The number of benzene rings is 2. The number of halogens is 1. The van der Waals surface area contributed by atoms with Crippen LogP contribution in [0.4, 0.5) is 10.1 Å². The van der Waals surface area contributed by atoms with E-state index in [0.29, 0.717) is 22.8 Å². The van der Waals surface area contributed by atoms with Gasteiger partial charge in [0, 0.05) is 18.4 Å². The van der Waals surface area contributed by atoms with Crippen LogP contribution in [0, 0.1) is 5.82 Å². The third kappa shape index (κ3) is 3.86. The summed E-state index contributed by atoms with van der Waals surface area (Å²) in [6.45, 7) is -0.0457. The standard InChI is InChI=1S/C18H17FN4O3/c1-25-11-16(24)20-14-7-4-8-15(10-14)23-17(21-18(22-23)26-2)12-5-3-6-13(19)9-12/h3-10H,11H2,1-2H3,(H,20,24). The summed E-state index contributed by atoms with van der Waals surface area (Å²) in [5, 5.41) is 7.01. The summed E-state index contributed by atoms with van der Waals surface area (Å²) in [6, 6.07) is 13.2. The zero-order chi connectivity index (χ0) is 18.5. The highest BCUT2D eigenvalue weighted by molar-refractivity contribution is 5.91. The number of hydrogen-bond donors (Lipinski definition) is 1. The summed E-state index contributed by atoms with van der Waals surface area (Å²) in [4.78, 5) is 16.0. The molecule has 26 heavy (non-hydrogen) atoms.